The quantitative estimate of drug-likeness (QED) is 0.791. The molecule has 15 heavy (non-hydrogen) atoms. The maximum atomic E-state index is 11.9. The van der Waals surface area contributed by atoms with Crippen molar-refractivity contribution >= 4 is 17.3 Å². The predicted molar refractivity (Wildman–Crippen MR) is 48.1 cm³/mol. The van der Waals surface area contributed by atoms with Gasteiger partial charge in [0.25, 0.3) is 0 Å². The molecule has 4 nitrogen and oxygen atoms in total. The third kappa shape index (κ3) is 1.93. The highest BCUT2D eigenvalue weighted by Gasteiger charge is 2.07. The van der Waals surface area contributed by atoms with E-state index in [-0.39, 0.29) is 11.6 Å². The van der Waals surface area contributed by atoms with Crippen LogP contribution >= 0.6 is 0 Å². The average molecular weight is 212 g/mol. The molecule has 1 N–H and O–H groups in total. The van der Waals surface area contributed by atoms with E-state index >= 15 is 0 Å². The van der Waals surface area contributed by atoms with Crippen molar-refractivity contribution in [1.29, 1.82) is 0 Å². The summed E-state index contributed by atoms with van der Waals surface area (Å²) < 4.78 is 28.0. The van der Waals surface area contributed by atoms with Gasteiger partial charge >= 0.3 is 6.61 Å². The first-order chi connectivity index (χ1) is 7.19. The Morgan fingerprint density at radius 1 is 1.47 bits per heavy atom. The van der Waals surface area contributed by atoms with E-state index in [1.54, 1.807) is 0 Å². The number of ether oxygens (including phenoxy) is 1. The summed E-state index contributed by atoms with van der Waals surface area (Å²) in [5.74, 6) is 0.179. The van der Waals surface area contributed by atoms with Crippen molar-refractivity contribution in [3.8, 4) is 5.75 Å². The van der Waals surface area contributed by atoms with E-state index in [4.69, 9.17) is 0 Å². The number of alkyl halides is 2. The molecule has 2 rings (SSSR count). The van der Waals surface area contributed by atoms with Crippen LogP contribution < -0.4 is 4.74 Å². The highest BCUT2D eigenvalue weighted by Crippen LogP contribution is 2.20. The summed E-state index contributed by atoms with van der Waals surface area (Å²) in [6.45, 7) is -2.86. The molecule has 0 saturated heterocycles. The van der Waals surface area contributed by atoms with E-state index in [9.17, 15) is 13.6 Å². The van der Waals surface area contributed by atoms with Crippen molar-refractivity contribution in [2.45, 2.75) is 6.61 Å². The van der Waals surface area contributed by atoms with Crippen LogP contribution in [0.5, 0.6) is 5.75 Å². The smallest absolute Gasteiger partial charge is 0.387 e. The standard InChI is InChI=1S/C9H6F2N2O2/c10-9(11)15-5-1-2-6-7(3-5)13-8(4-14)12-6/h1-4,9H,(H,12,13). The number of benzene rings is 1. The third-order valence-electron chi connectivity index (χ3n) is 1.81. The summed E-state index contributed by atoms with van der Waals surface area (Å²) in [6.07, 6.45) is 0.549. The Hall–Kier alpha value is -1.98. The summed E-state index contributed by atoms with van der Waals surface area (Å²) in [5.41, 5.74) is 1.01. The first-order valence-corrected chi connectivity index (χ1v) is 4.09. The largest absolute Gasteiger partial charge is 0.435 e. The molecule has 2 aromatic rings. The number of nitrogens with zero attached hydrogens (tertiary/aromatic N) is 1. The van der Waals surface area contributed by atoms with Gasteiger partial charge in [0.2, 0.25) is 0 Å². The summed E-state index contributed by atoms with van der Waals surface area (Å²) >= 11 is 0. The third-order valence-corrected chi connectivity index (χ3v) is 1.81. The molecule has 0 aliphatic heterocycles. The Morgan fingerprint density at radius 3 is 2.93 bits per heavy atom. The van der Waals surface area contributed by atoms with E-state index in [0.29, 0.717) is 17.3 Å². The van der Waals surface area contributed by atoms with Gasteiger partial charge in [-0.25, -0.2) is 4.98 Å². The van der Waals surface area contributed by atoms with Crippen LogP contribution in [0.25, 0.3) is 11.0 Å². The summed E-state index contributed by atoms with van der Waals surface area (Å²) in [5, 5.41) is 0. The number of fused-ring (bicyclic) bond motifs is 1. The van der Waals surface area contributed by atoms with Crippen LogP contribution in [0.2, 0.25) is 0 Å². The molecule has 1 aromatic carbocycles. The molecule has 0 bridgehead atoms. The Labute approximate surface area is 82.9 Å². The number of carbonyl (C=O) groups is 1. The first-order valence-electron chi connectivity index (χ1n) is 4.09. The van der Waals surface area contributed by atoms with Crippen LogP contribution in [0.4, 0.5) is 8.78 Å². The fourth-order valence-corrected chi connectivity index (χ4v) is 1.24. The lowest BCUT2D eigenvalue weighted by molar-refractivity contribution is -0.0497. The lowest BCUT2D eigenvalue weighted by Crippen LogP contribution is -2.01. The molecule has 0 fully saturated rings. The number of hydrogen-bond acceptors (Lipinski definition) is 3. The monoisotopic (exact) mass is 212 g/mol. The molecule has 6 heteroatoms. The Balaban J connectivity index is 2.41. The van der Waals surface area contributed by atoms with Crippen LogP contribution in [-0.4, -0.2) is 22.9 Å². The van der Waals surface area contributed by atoms with Gasteiger partial charge in [0.15, 0.2) is 12.1 Å². The summed E-state index contributed by atoms with van der Waals surface area (Å²) in [4.78, 5) is 16.9. The van der Waals surface area contributed by atoms with E-state index in [2.05, 4.69) is 14.7 Å². The van der Waals surface area contributed by atoms with Gasteiger partial charge < -0.3 is 9.72 Å². The molecule has 0 amide bonds. The zero-order valence-corrected chi connectivity index (χ0v) is 7.41. The summed E-state index contributed by atoms with van der Waals surface area (Å²) in [7, 11) is 0. The van der Waals surface area contributed by atoms with Crippen LogP contribution in [0.3, 0.4) is 0 Å². The zero-order valence-electron chi connectivity index (χ0n) is 7.41. The molecular weight excluding hydrogens is 206 g/mol. The molecular formula is C9H6F2N2O2. The van der Waals surface area contributed by atoms with Gasteiger partial charge in [-0.05, 0) is 12.1 Å². The van der Waals surface area contributed by atoms with Gasteiger partial charge in [-0.2, -0.15) is 8.78 Å². The number of aromatic amines is 1. The molecule has 0 spiro atoms. The maximum Gasteiger partial charge on any atom is 0.387 e. The van der Waals surface area contributed by atoms with Gasteiger partial charge in [0, 0.05) is 6.07 Å². The zero-order chi connectivity index (χ0) is 10.8. The summed E-state index contributed by atoms with van der Waals surface area (Å²) in [6, 6.07) is 4.22. The molecule has 1 aromatic heterocycles. The second-order valence-corrected chi connectivity index (χ2v) is 2.80. The predicted octanol–water partition coefficient (Wildman–Crippen LogP) is 1.98. The minimum Gasteiger partial charge on any atom is -0.435 e. The van der Waals surface area contributed by atoms with Crippen molar-refractivity contribution < 1.29 is 18.3 Å². The fourth-order valence-electron chi connectivity index (χ4n) is 1.24. The number of hydrogen-bond donors (Lipinski definition) is 1. The maximum absolute atomic E-state index is 11.9. The van der Waals surface area contributed by atoms with Crippen LogP contribution in [0.15, 0.2) is 18.2 Å². The number of imidazole rings is 1. The van der Waals surface area contributed by atoms with Crippen molar-refractivity contribution in [1.82, 2.24) is 9.97 Å². The number of H-pyrrole nitrogens is 1. The van der Waals surface area contributed by atoms with Crippen LogP contribution in [-0.2, 0) is 0 Å². The second-order valence-electron chi connectivity index (χ2n) is 2.80. The normalized spacial score (nSPS) is 10.9. The number of carbonyl (C=O) groups excluding carboxylic acids is 1. The van der Waals surface area contributed by atoms with Gasteiger partial charge in [0.05, 0.1) is 11.0 Å². The van der Waals surface area contributed by atoms with E-state index in [1.807, 2.05) is 0 Å². The van der Waals surface area contributed by atoms with Crippen molar-refractivity contribution in [2.24, 2.45) is 0 Å². The number of aldehydes is 1. The minimum absolute atomic E-state index is 0.0265. The number of rotatable bonds is 3. The topological polar surface area (TPSA) is 55.0 Å². The van der Waals surface area contributed by atoms with Crippen LogP contribution in [0.1, 0.15) is 10.6 Å². The highest BCUT2D eigenvalue weighted by atomic mass is 19.3. The van der Waals surface area contributed by atoms with Gasteiger partial charge in [-0.15, -0.1) is 0 Å². The molecule has 0 unspecified atom stereocenters. The number of nitrogens with one attached hydrogen (secondary N) is 1. The molecule has 0 aliphatic rings. The molecule has 0 aliphatic carbocycles. The van der Waals surface area contributed by atoms with Crippen molar-refractivity contribution in [2.75, 3.05) is 0 Å². The molecule has 78 valence electrons. The highest BCUT2D eigenvalue weighted by molar-refractivity contribution is 5.82. The minimum atomic E-state index is -2.86. The average Bonchev–Trinajstić information content (AvgIpc) is 2.58. The van der Waals surface area contributed by atoms with E-state index in [1.165, 1.54) is 18.2 Å². The Bertz CT molecular complexity index is 496. The molecule has 0 radical (unpaired) electrons. The van der Waals surface area contributed by atoms with Crippen LogP contribution in [0, 0.1) is 0 Å². The molecule has 0 saturated carbocycles. The molecule has 0 atom stereocenters. The van der Waals surface area contributed by atoms with Crippen molar-refractivity contribution in [3.63, 3.8) is 0 Å². The second kappa shape index (κ2) is 3.64. The molecule has 1 heterocycles. The first kappa shape index (κ1) is 9.57. The lowest BCUT2D eigenvalue weighted by atomic mass is 10.3. The van der Waals surface area contributed by atoms with Crippen molar-refractivity contribution in [3.05, 3.63) is 24.0 Å². The lowest BCUT2D eigenvalue weighted by Gasteiger charge is -2.02. The number of aromatic nitrogens is 2. The van der Waals surface area contributed by atoms with Gasteiger partial charge in [-0.1, -0.05) is 0 Å². The van der Waals surface area contributed by atoms with E-state index < -0.39 is 6.61 Å². The van der Waals surface area contributed by atoms with E-state index in [0.717, 1.165) is 0 Å². The number of halogens is 2. The Kier molecular flexibility index (Phi) is 2.32. The SMILES string of the molecule is O=Cc1nc2ccc(OC(F)F)cc2[nH]1. The van der Waals surface area contributed by atoms with Gasteiger partial charge in [-0.3, -0.25) is 4.79 Å². The Morgan fingerprint density at radius 2 is 2.27 bits per heavy atom. The van der Waals surface area contributed by atoms with Gasteiger partial charge in [0.1, 0.15) is 5.75 Å². The fraction of sp³-hybridized carbons (Fsp3) is 0.111.